The average molecular weight is 243 g/mol. The standard InChI is InChI=1S/C13H14BNO3/c1-2-10-5-7-11(8-6-10)18-13-12(14(16)17)4-3-9-15-13/h3-9,16-17H,2H2,1H3. The number of hydrogen-bond acceptors (Lipinski definition) is 4. The Morgan fingerprint density at radius 3 is 2.50 bits per heavy atom. The summed E-state index contributed by atoms with van der Waals surface area (Å²) in [5.41, 5.74) is 1.46. The van der Waals surface area contributed by atoms with Gasteiger partial charge in [0, 0.05) is 11.7 Å². The predicted octanol–water partition coefficient (Wildman–Crippen LogP) is 1.12. The lowest BCUT2D eigenvalue weighted by Gasteiger charge is -2.09. The van der Waals surface area contributed by atoms with Crippen LogP contribution in [0.25, 0.3) is 0 Å². The Morgan fingerprint density at radius 2 is 1.89 bits per heavy atom. The molecule has 1 aromatic heterocycles. The first-order chi connectivity index (χ1) is 8.70. The number of rotatable bonds is 4. The average Bonchev–Trinajstić information content (AvgIpc) is 2.40. The molecular formula is C13H14BNO3. The summed E-state index contributed by atoms with van der Waals surface area (Å²) < 4.78 is 5.54. The first kappa shape index (κ1) is 12.6. The van der Waals surface area contributed by atoms with Gasteiger partial charge in [-0.25, -0.2) is 4.98 Å². The normalized spacial score (nSPS) is 10.2. The number of hydrogen-bond donors (Lipinski definition) is 2. The van der Waals surface area contributed by atoms with Crippen molar-refractivity contribution in [1.29, 1.82) is 0 Å². The van der Waals surface area contributed by atoms with Gasteiger partial charge >= 0.3 is 7.12 Å². The van der Waals surface area contributed by atoms with Crippen molar-refractivity contribution < 1.29 is 14.8 Å². The van der Waals surface area contributed by atoms with Crippen molar-refractivity contribution in [3.63, 3.8) is 0 Å². The lowest BCUT2D eigenvalue weighted by atomic mass is 9.81. The quantitative estimate of drug-likeness (QED) is 0.790. The van der Waals surface area contributed by atoms with Crippen LogP contribution in [-0.4, -0.2) is 22.2 Å². The smallest absolute Gasteiger partial charge is 0.439 e. The van der Waals surface area contributed by atoms with E-state index in [0.29, 0.717) is 5.75 Å². The highest BCUT2D eigenvalue weighted by atomic mass is 16.5. The second-order valence-corrected chi connectivity index (χ2v) is 3.87. The number of ether oxygens (including phenoxy) is 1. The molecular weight excluding hydrogens is 229 g/mol. The molecule has 0 saturated carbocycles. The molecule has 0 unspecified atom stereocenters. The van der Waals surface area contributed by atoms with Crippen LogP contribution in [0.1, 0.15) is 12.5 Å². The van der Waals surface area contributed by atoms with Crippen molar-refractivity contribution in [2.75, 3.05) is 0 Å². The van der Waals surface area contributed by atoms with E-state index in [9.17, 15) is 10.0 Å². The topological polar surface area (TPSA) is 62.6 Å². The van der Waals surface area contributed by atoms with Gasteiger partial charge in [0.1, 0.15) is 5.75 Å². The Balaban J connectivity index is 2.22. The van der Waals surface area contributed by atoms with E-state index in [1.54, 1.807) is 18.3 Å². The Kier molecular flexibility index (Phi) is 3.97. The summed E-state index contributed by atoms with van der Waals surface area (Å²) in [5, 5.41) is 18.4. The molecule has 2 N–H and O–H groups in total. The number of aryl methyl sites for hydroxylation is 1. The molecule has 2 rings (SSSR count). The number of aromatic nitrogens is 1. The molecule has 92 valence electrons. The molecule has 5 heteroatoms. The third-order valence-corrected chi connectivity index (χ3v) is 2.62. The highest BCUT2D eigenvalue weighted by Crippen LogP contribution is 2.18. The molecule has 18 heavy (non-hydrogen) atoms. The Bertz CT molecular complexity index is 514. The molecule has 0 spiro atoms. The van der Waals surface area contributed by atoms with Crippen molar-refractivity contribution in [2.45, 2.75) is 13.3 Å². The maximum Gasteiger partial charge on any atom is 0.494 e. The van der Waals surface area contributed by atoms with Crippen molar-refractivity contribution >= 4 is 12.6 Å². The van der Waals surface area contributed by atoms with E-state index in [2.05, 4.69) is 11.9 Å². The summed E-state index contributed by atoms with van der Waals surface area (Å²) in [7, 11) is -1.59. The van der Waals surface area contributed by atoms with Gasteiger partial charge in [0.25, 0.3) is 0 Å². The minimum absolute atomic E-state index is 0.205. The van der Waals surface area contributed by atoms with Crippen LogP contribution < -0.4 is 10.2 Å². The molecule has 0 radical (unpaired) electrons. The number of benzene rings is 1. The minimum atomic E-state index is -1.59. The van der Waals surface area contributed by atoms with Crippen LogP contribution in [0, 0.1) is 0 Å². The van der Waals surface area contributed by atoms with E-state index < -0.39 is 7.12 Å². The van der Waals surface area contributed by atoms with Crippen LogP contribution in [-0.2, 0) is 6.42 Å². The first-order valence-corrected chi connectivity index (χ1v) is 5.78. The fourth-order valence-electron chi connectivity index (χ4n) is 1.59. The van der Waals surface area contributed by atoms with Crippen molar-refractivity contribution in [3.8, 4) is 11.6 Å². The third kappa shape index (κ3) is 2.88. The van der Waals surface area contributed by atoms with Crippen LogP contribution in [0.5, 0.6) is 11.6 Å². The molecule has 1 heterocycles. The zero-order valence-corrected chi connectivity index (χ0v) is 10.1. The van der Waals surface area contributed by atoms with Crippen molar-refractivity contribution in [2.24, 2.45) is 0 Å². The van der Waals surface area contributed by atoms with Crippen LogP contribution in [0.3, 0.4) is 0 Å². The van der Waals surface area contributed by atoms with E-state index in [1.807, 2.05) is 24.3 Å². The van der Waals surface area contributed by atoms with E-state index in [-0.39, 0.29) is 11.3 Å². The second-order valence-electron chi connectivity index (χ2n) is 3.87. The van der Waals surface area contributed by atoms with Gasteiger partial charge < -0.3 is 14.8 Å². The van der Waals surface area contributed by atoms with Gasteiger partial charge in [0.2, 0.25) is 5.88 Å². The molecule has 0 amide bonds. The summed E-state index contributed by atoms with van der Waals surface area (Å²) in [5.74, 6) is 0.824. The molecule has 1 aromatic carbocycles. The fourth-order valence-corrected chi connectivity index (χ4v) is 1.59. The molecule has 0 aliphatic rings. The van der Waals surface area contributed by atoms with Gasteiger partial charge in [-0.3, -0.25) is 0 Å². The minimum Gasteiger partial charge on any atom is -0.439 e. The van der Waals surface area contributed by atoms with Crippen LogP contribution in [0.4, 0.5) is 0 Å². The largest absolute Gasteiger partial charge is 0.494 e. The molecule has 0 fully saturated rings. The van der Waals surface area contributed by atoms with Gasteiger partial charge in [-0.05, 0) is 30.2 Å². The molecule has 0 atom stereocenters. The van der Waals surface area contributed by atoms with Crippen molar-refractivity contribution in [3.05, 3.63) is 48.2 Å². The fraction of sp³-hybridized carbons (Fsp3) is 0.154. The summed E-state index contributed by atoms with van der Waals surface area (Å²) in [6.45, 7) is 2.08. The van der Waals surface area contributed by atoms with Crippen molar-refractivity contribution in [1.82, 2.24) is 4.98 Å². The maximum atomic E-state index is 9.20. The van der Waals surface area contributed by atoms with Gasteiger partial charge in [0.05, 0.1) is 0 Å². The van der Waals surface area contributed by atoms with E-state index in [4.69, 9.17) is 4.74 Å². The van der Waals surface area contributed by atoms with E-state index in [0.717, 1.165) is 6.42 Å². The van der Waals surface area contributed by atoms with Gasteiger partial charge in [-0.1, -0.05) is 25.1 Å². The summed E-state index contributed by atoms with van der Waals surface area (Å²) in [4.78, 5) is 4.00. The number of pyridine rings is 1. The molecule has 2 aromatic rings. The van der Waals surface area contributed by atoms with E-state index in [1.165, 1.54) is 5.56 Å². The lowest BCUT2D eigenvalue weighted by molar-refractivity contribution is 0.418. The highest BCUT2D eigenvalue weighted by molar-refractivity contribution is 6.59. The molecule has 0 aliphatic carbocycles. The summed E-state index contributed by atoms with van der Waals surface area (Å²) in [6, 6.07) is 10.8. The van der Waals surface area contributed by atoms with Crippen LogP contribution >= 0.6 is 0 Å². The molecule has 0 saturated heterocycles. The monoisotopic (exact) mass is 243 g/mol. The molecule has 0 aliphatic heterocycles. The Morgan fingerprint density at radius 1 is 1.17 bits per heavy atom. The predicted molar refractivity (Wildman–Crippen MR) is 70.0 cm³/mol. The van der Waals surface area contributed by atoms with Gasteiger partial charge in [0.15, 0.2) is 0 Å². The number of nitrogens with zero attached hydrogens (tertiary/aromatic N) is 1. The second kappa shape index (κ2) is 5.66. The van der Waals surface area contributed by atoms with Crippen LogP contribution in [0.15, 0.2) is 42.6 Å². The summed E-state index contributed by atoms with van der Waals surface area (Å²) in [6.07, 6.45) is 2.51. The molecule has 4 nitrogen and oxygen atoms in total. The third-order valence-electron chi connectivity index (χ3n) is 2.62. The Hall–Kier alpha value is -1.85. The first-order valence-electron chi connectivity index (χ1n) is 5.78. The van der Waals surface area contributed by atoms with Gasteiger partial charge in [-0.2, -0.15) is 0 Å². The summed E-state index contributed by atoms with van der Waals surface area (Å²) >= 11 is 0. The Labute approximate surface area is 106 Å². The maximum absolute atomic E-state index is 9.20. The zero-order chi connectivity index (χ0) is 13.0. The molecule has 0 bridgehead atoms. The van der Waals surface area contributed by atoms with Gasteiger partial charge in [-0.15, -0.1) is 0 Å². The van der Waals surface area contributed by atoms with E-state index >= 15 is 0 Å². The van der Waals surface area contributed by atoms with Crippen LogP contribution in [0.2, 0.25) is 0 Å². The zero-order valence-electron chi connectivity index (χ0n) is 10.1. The highest BCUT2D eigenvalue weighted by Gasteiger charge is 2.18. The SMILES string of the molecule is CCc1ccc(Oc2ncccc2B(O)O)cc1. The lowest BCUT2D eigenvalue weighted by Crippen LogP contribution is -2.31.